The van der Waals surface area contributed by atoms with Gasteiger partial charge >= 0.3 is 0 Å². The molecule has 1 N–H and O–H groups in total. The van der Waals surface area contributed by atoms with Crippen LogP contribution in [0.5, 0.6) is 5.75 Å². The molecule has 1 aromatic heterocycles. The van der Waals surface area contributed by atoms with Crippen LogP contribution < -0.4 is 0 Å². The van der Waals surface area contributed by atoms with Gasteiger partial charge in [-0.2, -0.15) is 0 Å². The molecule has 0 spiro atoms. The van der Waals surface area contributed by atoms with E-state index in [0.29, 0.717) is 5.52 Å². The van der Waals surface area contributed by atoms with Gasteiger partial charge in [0.1, 0.15) is 16.3 Å². The molecule has 0 saturated carbocycles. The first kappa shape index (κ1) is 9.21. The fourth-order valence-electron chi connectivity index (χ4n) is 1.33. The van der Waals surface area contributed by atoms with Crippen LogP contribution in [0.1, 0.15) is 17.5 Å². The van der Waals surface area contributed by atoms with Crippen molar-refractivity contribution in [1.82, 2.24) is 4.98 Å². The van der Waals surface area contributed by atoms with Gasteiger partial charge < -0.3 is 5.11 Å². The maximum Gasteiger partial charge on any atom is 0.142 e. The summed E-state index contributed by atoms with van der Waals surface area (Å²) in [7, 11) is 0. The van der Waals surface area contributed by atoms with E-state index in [1.807, 2.05) is 19.9 Å². The van der Waals surface area contributed by atoms with Crippen LogP contribution in [-0.4, -0.2) is 10.1 Å². The molecule has 0 aliphatic rings. The Bertz CT molecular complexity index is 513. The average molecular weight is 205 g/mol. The normalized spacial score (nSPS) is 10.7. The summed E-state index contributed by atoms with van der Waals surface area (Å²) in [6, 6.07) is 3.75. The van der Waals surface area contributed by atoms with Gasteiger partial charge in [0.05, 0.1) is 4.70 Å². The van der Waals surface area contributed by atoms with Crippen LogP contribution in [0.25, 0.3) is 15.8 Å². The standard InChI is InChI=1S/C11H11NOS/c1-6(2)11-12-10-8(13)4-7(3)5-9(10)14-11/h4-5,13H,1H2,2-3H3. The average Bonchev–Trinajstić information content (AvgIpc) is 2.47. The molecule has 0 aliphatic heterocycles. The number of aryl methyl sites for hydroxylation is 1. The van der Waals surface area contributed by atoms with Crippen LogP contribution in [0.2, 0.25) is 0 Å². The summed E-state index contributed by atoms with van der Waals surface area (Å²) < 4.78 is 1.01. The minimum absolute atomic E-state index is 0.253. The number of fused-ring (bicyclic) bond motifs is 1. The number of rotatable bonds is 1. The Kier molecular flexibility index (Phi) is 2.04. The number of hydrogen-bond acceptors (Lipinski definition) is 3. The topological polar surface area (TPSA) is 33.1 Å². The van der Waals surface area contributed by atoms with Crippen molar-refractivity contribution >= 4 is 27.1 Å². The predicted molar refractivity (Wildman–Crippen MR) is 60.7 cm³/mol. The number of allylic oxidation sites excluding steroid dienone is 1. The number of hydrogen-bond donors (Lipinski definition) is 1. The molecule has 2 rings (SSSR count). The minimum atomic E-state index is 0.253. The lowest BCUT2D eigenvalue weighted by Crippen LogP contribution is -1.76. The van der Waals surface area contributed by atoms with Crippen molar-refractivity contribution in [1.29, 1.82) is 0 Å². The molecule has 1 aromatic carbocycles. The van der Waals surface area contributed by atoms with Crippen LogP contribution >= 0.6 is 11.3 Å². The highest BCUT2D eigenvalue weighted by atomic mass is 32.1. The summed E-state index contributed by atoms with van der Waals surface area (Å²) in [5.74, 6) is 0.253. The Morgan fingerprint density at radius 2 is 2.21 bits per heavy atom. The van der Waals surface area contributed by atoms with Gasteiger partial charge in [0.25, 0.3) is 0 Å². The number of nitrogens with zero attached hydrogens (tertiary/aromatic N) is 1. The van der Waals surface area contributed by atoms with Crippen LogP contribution in [0, 0.1) is 6.92 Å². The molecule has 2 aromatic rings. The molecule has 14 heavy (non-hydrogen) atoms. The molecular weight excluding hydrogens is 194 g/mol. The zero-order valence-corrected chi connectivity index (χ0v) is 8.98. The molecule has 0 radical (unpaired) electrons. The third kappa shape index (κ3) is 1.40. The number of aromatic nitrogens is 1. The lowest BCUT2D eigenvalue weighted by Gasteiger charge is -1.94. The van der Waals surface area contributed by atoms with Crippen LogP contribution in [0.15, 0.2) is 18.7 Å². The molecule has 3 heteroatoms. The van der Waals surface area contributed by atoms with Crippen LogP contribution in [-0.2, 0) is 0 Å². The second kappa shape index (κ2) is 3.10. The van der Waals surface area contributed by atoms with Crippen molar-refractivity contribution in [2.75, 3.05) is 0 Å². The van der Waals surface area contributed by atoms with E-state index in [1.165, 1.54) is 0 Å². The molecule has 1 heterocycles. The second-order valence-corrected chi connectivity index (χ2v) is 4.46. The summed E-state index contributed by atoms with van der Waals surface area (Å²) in [5, 5.41) is 10.6. The zero-order valence-electron chi connectivity index (χ0n) is 8.16. The molecule has 72 valence electrons. The molecule has 0 unspecified atom stereocenters. The summed E-state index contributed by atoms with van der Waals surface area (Å²) in [6.07, 6.45) is 0. The first-order valence-electron chi connectivity index (χ1n) is 4.34. The molecule has 0 fully saturated rings. The highest BCUT2D eigenvalue weighted by Gasteiger charge is 2.08. The van der Waals surface area contributed by atoms with Gasteiger partial charge in [-0.25, -0.2) is 4.98 Å². The first-order chi connectivity index (χ1) is 6.58. The SMILES string of the molecule is C=C(C)c1nc2c(O)cc(C)cc2s1. The summed E-state index contributed by atoms with van der Waals surface area (Å²) in [5.41, 5.74) is 2.66. The lowest BCUT2D eigenvalue weighted by molar-refractivity contribution is 0.480. The van der Waals surface area contributed by atoms with Gasteiger partial charge in [0.15, 0.2) is 0 Å². The maximum absolute atomic E-state index is 9.66. The fourth-order valence-corrected chi connectivity index (χ4v) is 2.34. The van der Waals surface area contributed by atoms with Crippen molar-refractivity contribution in [2.45, 2.75) is 13.8 Å². The number of phenolic OH excluding ortho intramolecular Hbond substituents is 1. The van der Waals surface area contributed by atoms with E-state index >= 15 is 0 Å². The van der Waals surface area contributed by atoms with Crippen molar-refractivity contribution in [3.05, 3.63) is 29.3 Å². The minimum Gasteiger partial charge on any atom is -0.506 e. The number of thiazole rings is 1. The summed E-state index contributed by atoms with van der Waals surface area (Å²) in [4.78, 5) is 4.32. The van der Waals surface area contributed by atoms with Crippen LogP contribution in [0.4, 0.5) is 0 Å². The van der Waals surface area contributed by atoms with E-state index < -0.39 is 0 Å². The van der Waals surface area contributed by atoms with E-state index in [0.717, 1.165) is 20.8 Å². The van der Waals surface area contributed by atoms with Gasteiger partial charge in [0, 0.05) is 0 Å². The van der Waals surface area contributed by atoms with Crippen molar-refractivity contribution in [3.63, 3.8) is 0 Å². The number of benzene rings is 1. The zero-order chi connectivity index (χ0) is 10.3. The summed E-state index contributed by atoms with van der Waals surface area (Å²) in [6.45, 7) is 7.71. The Balaban J connectivity index is 2.76. The van der Waals surface area contributed by atoms with Gasteiger partial charge in [-0.15, -0.1) is 11.3 Å². The largest absolute Gasteiger partial charge is 0.506 e. The molecule has 0 saturated heterocycles. The van der Waals surface area contributed by atoms with E-state index in [-0.39, 0.29) is 5.75 Å². The van der Waals surface area contributed by atoms with Crippen molar-refractivity contribution in [2.24, 2.45) is 0 Å². The molecule has 0 aliphatic carbocycles. The molecule has 2 nitrogen and oxygen atoms in total. The third-order valence-electron chi connectivity index (χ3n) is 1.98. The Morgan fingerprint density at radius 3 is 2.86 bits per heavy atom. The van der Waals surface area contributed by atoms with Crippen molar-refractivity contribution < 1.29 is 5.11 Å². The van der Waals surface area contributed by atoms with Gasteiger partial charge in [-0.1, -0.05) is 6.58 Å². The van der Waals surface area contributed by atoms with E-state index in [2.05, 4.69) is 11.6 Å². The number of phenols is 1. The Hall–Kier alpha value is -1.35. The molecule has 0 atom stereocenters. The lowest BCUT2D eigenvalue weighted by atomic mass is 10.2. The van der Waals surface area contributed by atoms with E-state index in [4.69, 9.17) is 0 Å². The number of aromatic hydroxyl groups is 1. The highest BCUT2D eigenvalue weighted by molar-refractivity contribution is 7.19. The Morgan fingerprint density at radius 1 is 1.50 bits per heavy atom. The van der Waals surface area contributed by atoms with Crippen molar-refractivity contribution in [3.8, 4) is 5.75 Å². The monoisotopic (exact) mass is 205 g/mol. The molecular formula is C11H11NOS. The highest BCUT2D eigenvalue weighted by Crippen LogP contribution is 2.32. The van der Waals surface area contributed by atoms with E-state index in [9.17, 15) is 5.11 Å². The van der Waals surface area contributed by atoms with Crippen LogP contribution in [0.3, 0.4) is 0 Å². The molecule has 0 bridgehead atoms. The smallest absolute Gasteiger partial charge is 0.142 e. The Labute approximate surface area is 86.5 Å². The third-order valence-corrected chi connectivity index (χ3v) is 3.15. The fraction of sp³-hybridized carbons (Fsp3) is 0.182. The molecule has 0 amide bonds. The second-order valence-electron chi connectivity index (χ2n) is 3.43. The van der Waals surface area contributed by atoms with E-state index in [1.54, 1.807) is 17.4 Å². The quantitative estimate of drug-likeness (QED) is 0.774. The predicted octanol–water partition coefficient (Wildman–Crippen LogP) is 3.34. The first-order valence-corrected chi connectivity index (χ1v) is 5.15. The summed E-state index contributed by atoms with van der Waals surface area (Å²) >= 11 is 1.56. The van der Waals surface area contributed by atoms with Gasteiger partial charge in [0.2, 0.25) is 0 Å². The maximum atomic E-state index is 9.66. The van der Waals surface area contributed by atoms with Gasteiger partial charge in [-0.05, 0) is 37.1 Å². The van der Waals surface area contributed by atoms with Gasteiger partial charge in [-0.3, -0.25) is 0 Å².